The molecule has 20 heteroatoms. The number of aromatic amines is 3. The molecule has 9 aromatic heterocycles. The Labute approximate surface area is 550 Å². The minimum Gasteiger partial charge on any atom is -0.452 e. The Kier molecular flexibility index (Phi) is 122. The van der Waals surface area contributed by atoms with Gasteiger partial charge in [0.2, 0.25) is 0 Å². The van der Waals surface area contributed by atoms with Gasteiger partial charge in [0.1, 0.15) is 18.3 Å². The lowest BCUT2D eigenvalue weighted by atomic mass is 10.3. The van der Waals surface area contributed by atoms with Crippen LogP contribution >= 0.6 is 34.0 Å². The molecule has 0 aromatic carbocycles. The van der Waals surface area contributed by atoms with E-state index in [0.717, 1.165) is 63.8 Å². The second kappa shape index (κ2) is 102. The molecule has 0 aliphatic carbocycles. The van der Waals surface area contributed by atoms with Crippen molar-refractivity contribution in [3.05, 3.63) is 182 Å². The molecular weight excluding hydrogens is 1160 g/mol. The highest BCUT2D eigenvalue weighted by Crippen LogP contribution is 2.02. The quantitative estimate of drug-likeness (QED) is 0.129. The molecular formula is C68H128N14O3S3. The van der Waals surface area contributed by atoms with Crippen molar-refractivity contribution in [2.24, 2.45) is 9.98 Å². The molecule has 0 fully saturated rings. The number of hydrogen-bond acceptors (Lipinski definition) is 17. The maximum absolute atomic E-state index is 4.72. The number of thiazole rings is 3. The maximum Gasteiger partial charge on any atom is 0.190 e. The summed E-state index contributed by atoms with van der Waals surface area (Å²) in [6.45, 7) is 66.4. The monoisotopic (exact) mass is 1280 g/mol. The minimum atomic E-state index is 0.718. The number of rotatable bonds is 0. The van der Waals surface area contributed by atoms with E-state index in [1.807, 2.05) is 267 Å². The van der Waals surface area contributed by atoms with Gasteiger partial charge < -0.3 is 18.2 Å². The Morgan fingerprint density at radius 3 is 1.18 bits per heavy atom. The lowest BCUT2D eigenvalue weighted by Crippen LogP contribution is -1.65. The number of aryl methyl sites for hydroxylation is 9. The van der Waals surface area contributed by atoms with Gasteiger partial charge in [-0.2, -0.15) is 10.2 Å². The summed E-state index contributed by atoms with van der Waals surface area (Å²) in [6, 6.07) is 3.83. The zero-order valence-corrected chi connectivity index (χ0v) is 63.9. The SMILES string of the molecule is CC.CC.CC.CC.CC.CC.CC.CC.CC.CC.CC.CC1=CCC=N1.CC1=CCN=C1.Cc1ccn[nH]1.Cc1ccn[nH]1.Cc1cnc[nH]1.Cc1cnco1.Cc1cncs1.Cc1cocn1.Cc1cscn1.Cc1ncco1.Cc1nccs1. The predicted molar refractivity (Wildman–Crippen MR) is 393 cm³/mol. The van der Waals surface area contributed by atoms with Gasteiger partial charge in [-0.1, -0.05) is 164 Å². The van der Waals surface area contributed by atoms with E-state index < -0.39 is 0 Å². The Balaban J connectivity index is -0.0000000798. The summed E-state index contributed by atoms with van der Waals surface area (Å²) in [5.41, 5.74) is 11.4. The summed E-state index contributed by atoms with van der Waals surface area (Å²) in [5, 5.41) is 18.0. The van der Waals surface area contributed by atoms with Crippen molar-refractivity contribution in [2.45, 2.75) is 235 Å². The molecule has 2 aliphatic heterocycles. The van der Waals surface area contributed by atoms with Gasteiger partial charge >= 0.3 is 0 Å². The van der Waals surface area contributed by atoms with E-state index in [1.165, 1.54) is 23.2 Å². The first-order chi connectivity index (χ1) is 42.8. The van der Waals surface area contributed by atoms with Gasteiger partial charge in [0.25, 0.3) is 0 Å². The second-order valence-electron chi connectivity index (χ2n) is 13.1. The molecule has 0 saturated carbocycles. The lowest BCUT2D eigenvalue weighted by Gasteiger charge is -1.72. The zero-order valence-electron chi connectivity index (χ0n) is 61.5. The van der Waals surface area contributed by atoms with E-state index in [2.05, 4.69) is 93.7 Å². The van der Waals surface area contributed by atoms with Crippen molar-refractivity contribution in [2.75, 3.05) is 6.54 Å². The number of hydrogen-bond donors (Lipinski definition) is 3. The average molecular weight is 1290 g/mol. The Hall–Kier alpha value is -7.03. The number of nitrogens with one attached hydrogen (secondary N) is 3. The Morgan fingerprint density at radius 1 is 0.500 bits per heavy atom. The summed E-state index contributed by atoms with van der Waals surface area (Å²) in [6.07, 6.45) is 28.8. The molecule has 11 rings (SSSR count). The zero-order chi connectivity index (χ0) is 70.5. The highest BCUT2D eigenvalue weighted by molar-refractivity contribution is 7.09. The number of aromatic nitrogens is 12. The maximum atomic E-state index is 4.72. The van der Waals surface area contributed by atoms with Crippen LogP contribution in [0, 0.1) is 62.3 Å². The van der Waals surface area contributed by atoms with E-state index in [4.69, 9.17) is 8.83 Å². The molecule has 0 saturated heterocycles. The first-order valence-corrected chi connectivity index (χ1v) is 33.9. The largest absolute Gasteiger partial charge is 0.452 e. The van der Waals surface area contributed by atoms with E-state index in [0.29, 0.717) is 0 Å². The molecule has 0 spiro atoms. The molecule has 506 valence electrons. The molecule has 17 nitrogen and oxygen atoms in total. The fraction of sp³-hybridized carbons (Fsp3) is 0.515. The van der Waals surface area contributed by atoms with Crippen molar-refractivity contribution in [1.29, 1.82) is 0 Å². The molecule has 0 radical (unpaired) electrons. The van der Waals surface area contributed by atoms with Crippen molar-refractivity contribution in [3.8, 4) is 0 Å². The third-order valence-corrected chi connectivity index (χ3v) is 8.99. The van der Waals surface area contributed by atoms with Crippen LogP contribution in [0.5, 0.6) is 0 Å². The van der Waals surface area contributed by atoms with Crippen LogP contribution in [-0.2, 0) is 0 Å². The van der Waals surface area contributed by atoms with Crippen LogP contribution < -0.4 is 0 Å². The highest BCUT2D eigenvalue weighted by Gasteiger charge is 1.87. The van der Waals surface area contributed by atoms with Gasteiger partial charge in [0.15, 0.2) is 18.7 Å². The van der Waals surface area contributed by atoms with Crippen LogP contribution in [0.1, 0.15) is 223 Å². The van der Waals surface area contributed by atoms with Crippen LogP contribution in [0.25, 0.3) is 0 Å². The fourth-order valence-corrected chi connectivity index (χ4v) is 4.98. The first-order valence-electron chi connectivity index (χ1n) is 31.2. The van der Waals surface area contributed by atoms with Crippen LogP contribution in [0.15, 0.2) is 156 Å². The normalized spacial score (nSPS) is 8.69. The van der Waals surface area contributed by atoms with Crippen LogP contribution in [-0.4, -0.2) is 79.2 Å². The number of nitrogens with zero attached hydrogens (tertiary/aromatic N) is 11. The number of imidazole rings is 1. The number of H-pyrrole nitrogens is 3. The molecule has 0 bridgehead atoms. The Morgan fingerprint density at radius 2 is 1.07 bits per heavy atom. The van der Waals surface area contributed by atoms with E-state index >= 15 is 0 Å². The molecule has 9 aromatic rings. The number of oxazole rings is 3. The average Bonchev–Trinajstić information content (AvgIpc) is 4.40. The third kappa shape index (κ3) is 98.1. The van der Waals surface area contributed by atoms with Crippen molar-refractivity contribution >= 4 is 46.4 Å². The van der Waals surface area contributed by atoms with Gasteiger partial charge in [-0.3, -0.25) is 35.1 Å². The number of aliphatic imine (C=N–C) groups is 2. The van der Waals surface area contributed by atoms with Gasteiger partial charge in [0.05, 0.1) is 47.0 Å². The van der Waals surface area contributed by atoms with Gasteiger partial charge in [-0.05, 0) is 86.9 Å². The third-order valence-electron chi connectivity index (χ3n) is 6.88. The minimum absolute atomic E-state index is 0.718. The van der Waals surface area contributed by atoms with Crippen LogP contribution in [0.4, 0.5) is 0 Å². The molecule has 2 aliphatic rings. The summed E-state index contributed by atoms with van der Waals surface area (Å²) in [7, 11) is 0. The van der Waals surface area contributed by atoms with E-state index in [1.54, 1.807) is 97.0 Å². The standard InChI is InChI=1S/2C5H7N.3C4H6N2.3C4H5NO.3C4H5NS.11C2H6/c1-5-2-3-6-4-5;1-5-3-2-4-6-5;1-4-2-5-3-6-4;2*1-4-2-3-5-6-4;1-4-2-6-3-5-4;1-4-2-5-3-6-4;1-4-5-2-3-6-4;1-4-2-6-3-5-4;1-4-2-5-3-6-4;1-4-5-2-3-6-4;11*1-2/h2,4H,3H2,1H3;3-4H,2H2,1H3;3*2-3H,1H3,(H,5,6);6*2-3H,1H3;11*1-2H3. The number of allylic oxidation sites excluding steroid dienone is 3. The lowest BCUT2D eigenvalue weighted by molar-refractivity contribution is 0.521. The second-order valence-corrected chi connectivity index (χ2v) is 16.0. The van der Waals surface area contributed by atoms with Gasteiger partial charge in [0, 0.05) is 101 Å². The van der Waals surface area contributed by atoms with E-state index in [9.17, 15) is 0 Å². The molecule has 0 unspecified atom stereocenters. The predicted octanol–water partition coefficient (Wildman–Crippen LogP) is 23.1. The molecule has 0 atom stereocenters. The van der Waals surface area contributed by atoms with Crippen LogP contribution in [0.3, 0.4) is 0 Å². The first kappa shape index (κ1) is 106. The summed E-state index contributed by atoms with van der Waals surface area (Å²) >= 11 is 4.96. The van der Waals surface area contributed by atoms with E-state index in [-0.39, 0.29) is 0 Å². The summed E-state index contributed by atoms with van der Waals surface area (Å²) in [5.74, 6) is 1.57. The van der Waals surface area contributed by atoms with Gasteiger partial charge in [-0.15, -0.1) is 34.0 Å². The molecule has 11 heterocycles. The summed E-state index contributed by atoms with van der Waals surface area (Å²) < 4.78 is 14.0. The van der Waals surface area contributed by atoms with Gasteiger partial charge in [-0.25, -0.2) is 19.9 Å². The molecule has 0 amide bonds. The molecule has 3 N–H and O–H groups in total. The Bertz CT molecular complexity index is 1920. The van der Waals surface area contributed by atoms with Crippen molar-refractivity contribution < 1.29 is 13.3 Å². The smallest absolute Gasteiger partial charge is 0.190 e. The molecule has 88 heavy (non-hydrogen) atoms. The topological polar surface area (TPSA) is 228 Å². The van der Waals surface area contributed by atoms with Crippen molar-refractivity contribution in [1.82, 2.24) is 60.3 Å². The summed E-state index contributed by atoms with van der Waals surface area (Å²) in [4.78, 5) is 38.7. The highest BCUT2D eigenvalue weighted by atomic mass is 32.1. The van der Waals surface area contributed by atoms with Crippen molar-refractivity contribution in [3.63, 3.8) is 0 Å². The fourth-order valence-electron chi connectivity index (χ4n) is 3.59. The van der Waals surface area contributed by atoms with Crippen LogP contribution in [0.2, 0.25) is 0 Å².